The van der Waals surface area contributed by atoms with Gasteiger partial charge >= 0.3 is 6.03 Å². The summed E-state index contributed by atoms with van der Waals surface area (Å²) in [6.07, 6.45) is 0. The van der Waals surface area contributed by atoms with Gasteiger partial charge in [0, 0.05) is 14.1 Å². The topological polar surface area (TPSA) is 131 Å². The lowest BCUT2D eigenvalue weighted by atomic mass is 9.99. The van der Waals surface area contributed by atoms with Crippen molar-refractivity contribution in [1.29, 1.82) is 0 Å². The van der Waals surface area contributed by atoms with Crippen LogP contribution in [0.25, 0.3) is 0 Å². The molecule has 1 atom stereocenters. The van der Waals surface area contributed by atoms with Gasteiger partial charge in [-0.2, -0.15) is 4.99 Å². The van der Waals surface area contributed by atoms with Crippen LogP contribution in [0, 0.1) is 0 Å². The Morgan fingerprint density at radius 1 is 1.04 bits per heavy atom. The third-order valence-electron chi connectivity index (χ3n) is 3.62. The highest BCUT2D eigenvalue weighted by molar-refractivity contribution is 7.89. The third kappa shape index (κ3) is 4.38. The maximum atomic E-state index is 12.7. The highest BCUT2D eigenvalue weighted by Gasteiger charge is 2.27. The Morgan fingerprint density at radius 3 is 2.19 bits per heavy atom. The van der Waals surface area contributed by atoms with Crippen molar-refractivity contribution in [2.75, 3.05) is 14.1 Å². The van der Waals surface area contributed by atoms with Crippen LogP contribution >= 0.6 is 0 Å². The van der Waals surface area contributed by atoms with E-state index in [0.29, 0.717) is 11.1 Å². The number of benzene rings is 2. The number of urea groups is 1. The van der Waals surface area contributed by atoms with E-state index in [-0.39, 0.29) is 10.9 Å². The van der Waals surface area contributed by atoms with E-state index in [1.807, 2.05) is 6.07 Å². The van der Waals surface area contributed by atoms with Gasteiger partial charge in [-0.3, -0.25) is 0 Å². The number of nitrogens with one attached hydrogen (secondary N) is 1. The van der Waals surface area contributed by atoms with Gasteiger partial charge in [-0.25, -0.2) is 17.5 Å². The van der Waals surface area contributed by atoms with Crippen LogP contribution in [0.1, 0.15) is 17.2 Å². The number of amides is 2. The van der Waals surface area contributed by atoms with Crippen LogP contribution in [-0.2, 0) is 10.0 Å². The zero-order valence-electron chi connectivity index (χ0n) is 14.5. The molecule has 1 unspecified atom stereocenters. The van der Waals surface area contributed by atoms with Gasteiger partial charge in [0.15, 0.2) is 5.96 Å². The molecular weight excluding hydrogens is 354 g/mol. The first-order valence-corrected chi connectivity index (χ1v) is 9.14. The zero-order valence-corrected chi connectivity index (χ0v) is 15.3. The first-order chi connectivity index (χ1) is 12.2. The summed E-state index contributed by atoms with van der Waals surface area (Å²) < 4.78 is 26.5. The molecule has 0 aromatic heterocycles. The summed E-state index contributed by atoms with van der Waals surface area (Å²) >= 11 is 0. The smallest absolute Gasteiger partial charge is 0.344 e. The van der Waals surface area contributed by atoms with Gasteiger partial charge in [0.1, 0.15) is 0 Å². The second kappa shape index (κ2) is 7.98. The minimum atomic E-state index is -3.72. The Morgan fingerprint density at radius 2 is 1.62 bits per heavy atom. The minimum Gasteiger partial charge on any atom is -0.370 e. The van der Waals surface area contributed by atoms with E-state index in [0.717, 1.165) is 4.31 Å². The maximum Gasteiger partial charge on any atom is 0.344 e. The molecule has 2 aromatic rings. The fourth-order valence-corrected chi connectivity index (χ4v) is 3.54. The van der Waals surface area contributed by atoms with Gasteiger partial charge in [0.2, 0.25) is 10.0 Å². The number of sulfonamides is 1. The minimum absolute atomic E-state index is 0.0869. The van der Waals surface area contributed by atoms with Gasteiger partial charge < -0.3 is 16.8 Å². The van der Waals surface area contributed by atoms with Gasteiger partial charge in [0.05, 0.1) is 10.9 Å². The SMILES string of the molecule is CN(C)S(=O)(=O)c1ccccc1C(NC(=O)N=C(N)N)c1ccccc1. The average molecular weight is 375 g/mol. The number of nitrogens with two attached hydrogens (primary N) is 2. The fourth-order valence-electron chi connectivity index (χ4n) is 2.41. The lowest BCUT2D eigenvalue weighted by Gasteiger charge is -2.23. The van der Waals surface area contributed by atoms with Gasteiger partial charge in [-0.1, -0.05) is 48.5 Å². The summed E-state index contributed by atoms with van der Waals surface area (Å²) in [5.41, 5.74) is 11.6. The molecular formula is C17H21N5O3S. The molecule has 2 rings (SSSR count). The van der Waals surface area contributed by atoms with Gasteiger partial charge in [-0.15, -0.1) is 0 Å². The number of hydrogen-bond acceptors (Lipinski definition) is 3. The molecule has 0 fully saturated rings. The molecule has 2 amide bonds. The monoisotopic (exact) mass is 375 g/mol. The third-order valence-corrected chi connectivity index (χ3v) is 5.51. The number of guanidine groups is 1. The van der Waals surface area contributed by atoms with Crippen LogP contribution in [0.4, 0.5) is 4.79 Å². The summed E-state index contributed by atoms with van der Waals surface area (Å²) in [5.74, 6) is -0.386. The van der Waals surface area contributed by atoms with Crippen molar-refractivity contribution in [3.63, 3.8) is 0 Å². The van der Waals surface area contributed by atoms with Crippen LogP contribution in [0.3, 0.4) is 0 Å². The van der Waals surface area contributed by atoms with E-state index in [2.05, 4.69) is 10.3 Å². The molecule has 0 aliphatic heterocycles. The number of rotatable bonds is 5. The average Bonchev–Trinajstić information content (AvgIpc) is 2.59. The van der Waals surface area contributed by atoms with Crippen LogP contribution in [0.15, 0.2) is 64.5 Å². The van der Waals surface area contributed by atoms with Crippen LogP contribution < -0.4 is 16.8 Å². The van der Waals surface area contributed by atoms with Gasteiger partial charge in [-0.05, 0) is 17.2 Å². The number of aliphatic imine (C=N–C) groups is 1. The highest BCUT2D eigenvalue weighted by Crippen LogP contribution is 2.29. The van der Waals surface area contributed by atoms with E-state index >= 15 is 0 Å². The normalized spacial score (nSPS) is 12.4. The van der Waals surface area contributed by atoms with E-state index in [9.17, 15) is 13.2 Å². The molecule has 5 N–H and O–H groups in total. The van der Waals surface area contributed by atoms with Crippen molar-refractivity contribution in [1.82, 2.24) is 9.62 Å². The standard InChI is InChI=1S/C17H21N5O3S/c1-22(2)26(24,25)14-11-7-6-10-13(14)15(12-8-4-3-5-9-12)20-17(23)21-16(18)19/h3-11,15H,1-2H3,(H5,18,19,20,21,23). The molecule has 2 aromatic carbocycles. The molecule has 26 heavy (non-hydrogen) atoms. The molecule has 0 saturated carbocycles. The lowest BCUT2D eigenvalue weighted by Crippen LogP contribution is -2.33. The Labute approximate surface area is 152 Å². The van der Waals surface area contributed by atoms with Crippen molar-refractivity contribution < 1.29 is 13.2 Å². The number of nitrogens with zero attached hydrogens (tertiary/aromatic N) is 2. The summed E-state index contributed by atoms with van der Waals surface area (Å²) in [7, 11) is -0.830. The fraction of sp³-hybridized carbons (Fsp3) is 0.176. The highest BCUT2D eigenvalue weighted by atomic mass is 32.2. The van der Waals surface area contributed by atoms with E-state index in [1.165, 1.54) is 20.2 Å². The maximum absolute atomic E-state index is 12.7. The van der Waals surface area contributed by atoms with E-state index in [1.54, 1.807) is 42.5 Å². The van der Waals surface area contributed by atoms with Crippen molar-refractivity contribution in [3.05, 3.63) is 65.7 Å². The van der Waals surface area contributed by atoms with E-state index < -0.39 is 22.1 Å². The Kier molecular flexibility index (Phi) is 5.96. The number of carbonyl (C=O) groups is 1. The van der Waals surface area contributed by atoms with Crippen molar-refractivity contribution in [3.8, 4) is 0 Å². The molecule has 0 aliphatic rings. The van der Waals surface area contributed by atoms with E-state index in [4.69, 9.17) is 11.5 Å². The number of hydrogen-bond donors (Lipinski definition) is 3. The second-order valence-corrected chi connectivity index (χ2v) is 7.78. The second-order valence-electron chi connectivity index (χ2n) is 5.66. The molecule has 0 spiro atoms. The van der Waals surface area contributed by atoms with Crippen LogP contribution in [0.2, 0.25) is 0 Å². The largest absolute Gasteiger partial charge is 0.370 e. The molecule has 0 aliphatic carbocycles. The molecule has 138 valence electrons. The summed E-state index contributed by atoms with van der Waals surface area (Å²) in [6.45, 7) is 0. The summed E-state index contributed by atoms with van der Waals surface area (Å²) in [5, 5.41) is 2.66. The van der Waals surface area contributed by atoms with Crippen LogP contribution in [0.5, 0.6) is 0 Å². The molecule has 8 nitrogen and oxygen atoms in total. The van der Waals surface area contributed by atoms with Crippen molar-refractivity contribution >= 4 is 22.0 Å². The molecule has 9 heteroatoms. The number of carbonyl (C=O) groups excluding carboxylic acids is 1. The molecule has 0 heterocycles. The Balaban J connectivity index is 2.61. The summed E-state index contributed by atoms with van der Waals surface area (Å²) in [4.78, 5) is 15.6. The molecule has 0 bridgehead atoms. The zero-order chi connectivity index (χ0) is 19.3. The van der Waals surface area contributed by atoms with Gasteiger partial charge in [0.25, 0.3) is 0 Å². The first kappa shape index (κ1) is 19.4. The van der Waals surface area contributed by atoms with Crippen LogP contribution in [-0.4, -0.2) is 38.8 Å². The lowest BCUT2D eigenvalue weighted by molar-refractivity contribution is 0.247. The predicted molar refractivity (Wildman–Crippen MR) is 99.9 cm³/mol. The first-order valence-electron chi connectivity index (χ1n) is 7.70. The van der Waals surface area contributed by atoms with Crippen molar-refractivity contribution in [2.45, 2.75) is 10.9 Å². The molecule has 0 saturated heterocycles. The Hall–Kier alpha value is -2.91. The molecule has 0 radical (unpaired) electrons. The Bertz CT molecular complexity index is 907. The quantitative estimate of drug-likeness (QED) is 0.530. The van der Waals surface area contributed by atoms with Crippen molar-refractivity contribution in [2.24, 2.45) is 16.5 Å². The predicted octanol–water partition coefficient (Wildman–Crippen LogP) is 1.01. The summed E-state index contributed by atoms with van der Waals surface area (Å²) in [6, 6.07) is 13.9.